The van der Waals surface area contributed by atoms with Gasteiger partial charge in [0.1, 0.15) is 0 Å². The van der Waals surface area contributed by atoms with Gasteiger partial charge in [-0.05, 0) is 5.57 Å². The molecule has 18 heavy (non-hydrogen) atoms. The summed E-state index contributed by atoms with van der Waals surface area (Å²) >= 11 is 1.91. The van der Waals surface area contributed by atoms with E-state index in [-0.39, 0.29) is 4.75 Å². The van der Waals surface area contributed by atoms with Crippen LogP contribution in [0.15, 0.2) is 48.3 Å². The third-order valence-electron chi connectivity index (χ3n) is 2.54. The lowest BCUT2D eigenvalue weighted by atomic mass is 9.89. The van der Waals surface area contributed by atoms with Crippen LogP contribution in [-0.4, -0.2) is 16.3 Å². The van der Waals surface area contributed by atoms with Gasteiger partial charge in [0, 0.05) is 17.9 Å². The Bertz CT molecular complexity index is 480. The summed E-state index contributed by atoms with van der Waals surface area (Å²) in [6.45, 7) is 0. The van der Waals surface area contributed by atoms with Gasteiger partial charge < -0.3 is 0 Å². The van der Waals surface area contributed by atoms with Crippen molar-refractivity contribution in [1.29, 1.82) is 0 Å². The van der Waals surface area contributed by atoms with Crippen molar-refractivity contribution in [2.75, 3.05) is 5.75 Å². The summed E-state index contributed by atoms with van der Waals surface area (Å²) in [7, 11) is -4.94. The van der Waals surface area contributed by atoms with Crippen molar-refractivity contribution >= 4 is 17.5 Å². The summed E-state index contributed by atoms with van der Waals surface area (Å²) in [6.07, 6.45) is 14.5. The third-order valence-corrected chi connectivity index (χ3v) is 3.90. The molecule has 0 amide bonds. The first-order chi connectivity index (χ1) is 8.42. The normalized spacial score (nSPS) is 27.8. The molecule has 0 N–H and O–H groups in total. The summed E-state index contributed by atoms with van der Waals surface area (Å²) in [5.41, 5.74) is 1.36. The van der Waals surface area contributed by atoms with Crippen LogP contribution >= 0.6 is 11.8 Å². The van der Waals surface area contributed by atoms with E-state index in [1.54, 1.807) is 6.26 Å². The van der Waals surface area contributed by atoms with E-state index >= 15 is 0 Å². The molecule has 1 aliphatic carbocycles. The lowest BCUT2D eigenvalue weighted by molar-refractivity contribution is -2.00. The van der Waals surface area contributed by atoms with E-state index in [0.29, 0.717) is 0 Å². The van der Waals surface area contributed by atoms with Crippen LogP contribution in [0, 0.1) is 10.2 Å². The zero-order chi connectivity index (χ0) is 13.2. The van der Waals surface area contributed by atoms with Gasteiger partial charge in [0.15, 0.2) is 4.75 Å². The second-order valence-corrected chi connectivity index (χ2v) is 5.61. The molecule has 0 radical (unpaired) electrons. The highest BCUT2D eigenvalue weighted by atomic mass is 35.7. The maximum absolute atomic E-state index is 8.49. The summed E-state index contributed by atoms with van der Waals surface area (Å²) in [6, 6.07) is 0. The quantitative estimate of drug-likeness (QED) is 0.455. The molecule has 1 unspecified atom stereocenters. The lowest BCUT2D eigenvalue weighted by Crippen LogP contribution is -2.68. The summed E-state index contributed by atoms with van der Waals surface area (Å²) < 4.78 is 39.5. The van der Waals surface area contributed by atoms with Gasteiger partial charge in [-0.15, -0.1) is 22.0 Å². The van der Waals surface area contributed by atoms with Gasteiger partial charge in [-0.25, -0.2) is 23.1 Å². The Morgan fingerprint density at radius 3 is 2.61 bits per heavy atom. The van der Waals surface area contributed by atoms with Gasteiger partial charge >= 0.3 is 12.0 Å². The largest absolute Gasteiger partial charge is 0.353 e. The molecular weight excluding hydrogens is 280 g/mol. The Labute approximate surface area is 110 Å². The van der Waals surface area contributed by atoms with Crippen LogP contribution in [-0.2, 0) is 4.42 Å². The zero-order valence-electron chi connectivity index (χ0n) is 9.08. The minimum Gasteiger partial charge on any atom is -0.222 e. The Morgan fingerprint density at radius 2 is 1.89 bits per heavy atom. The first-order valence-corrected chi connectivity index (χ1v) is 7.17. The first kappa shape index (κ1) is 13.5. The van der Waals surface area contributed by atoms with Crippen molar-refractivity contribution in [3.05, 3.63) is 48.3 Å². The Hall–Kier alpha value is -0.890. The molecule has 0 saturated carbocycles. The Kier molecular flexibility index (Phi) is 3.76. The number of rotatable bonds is 0. The lowest BCUT2D eigenvalue weighted by Gasteiger charge is -2.22. The molecule has 5 nitrogen and oxygen atoms in total. The van der Waals surface area contributed by atoms with Crippen LogP contribution in [0.3, 0.4) is 0 Å². The average Bonchev–Trinajstić information content (AvgIpc) is 2.67. The summed E-state index contributed by atoms with van der Waals surface area (Å²) in [4.78, 5) is 0. The predicted molar refractivity (Wildman–Crippen MR) is 55.7 cm³/mol. The molecule has 0 aromatic rings. The molecule has 2 heterocycles. The molecular formula is C11H9ClO5S. The van der Waals surface area contributed by atoms with E-state index in [0.717, 1.165) is 11.5 Å². The second-order valence-electron chi connectivity index (χ2n) is 3.59. The molecule has 0 aromatic heterocycles. The van der Waals surface area contributed by atoms with Crippen molar-refractivity contribution in [1.82, 2.24) is 0 Å². The number of ketones is 1. The zero-order valence-corrected chi connectivity index (χ0v) is 10.6. The van der Waals surface area contributed by atoms with Crippen LogP contribution < -0.4 is 18.6 Å². The smallest absolute Gasteiger partial charge is 0.222 e. The van der Waals surface area contributed by atoms with Crippen molar-refractivity contribution in [2.24, 2.45) is 0 Å². The van der Waals surface area contributed by atoms with Crippen molar-refractivity contribution in [3.8, 4) is 0 Å². The van der Waals surface area contributed by atoms with E-state index in [1.165, 1.54) is 5.57 Å². The monoisotopic (exact) mass is 288 g/mol. The number of allylic oxidation sites excluding steroid dienone is 4. The van der Waals surface area contributed by atoms with Crippen LogP contribution in [0.5, 0.6) is 0 Å². The molecule has 0 aromatic carbocycles. The summed E-state index contributed by atoms with van der Waals surface area (Å²) in [5.74, 6) is 2.12. The highest BCUT2D eigenvalue weighted by molar-refractivity contribution is 8.02. The SMILES string of the molecule is C1=CC2=[O+]C=CC3=CCSC32C=C1.[O-][Cl+3]([O-])([O-])[O-]. The summed E-state index contributed by atoms with van der Waals surface area (Å²) in [5, 5.41) is 0. The average molecular weight is 289 g/mol. The molecule has 7 heteroatoms. The van der Waals surface area contributed by atoms with Gasteiger partial charge in [0.05, 0.1) is 0 Å². The van der Waals surface area contributed by atoms with Gasteiger partial charge in [-0.2, -0.15) is 0 Å². The van der Waals surface area contributed by atoms with Crippen LogP contribution in [0.2, 0.25) is 0 Å². The number of halogens is 1. The molecule has 1 atom stereocenters. The highest BCUT2D eigenvalue weighted by Crippen LogP contribution is 2.44. The number of hydrogen-bond acceptors (Lipinski definition) is 5. The first-order valence-electron chi connectivity index (χ1n) is 4.95. The third kappa shape index (κ3) is 2.92. The highest BCUT2D eigenvalue weighted by Gasteiger charge is 2.48. The molecule has 0 fully saturated rings. The molecule has 3 rings (SSSR count). The molecule has 96 valence electrons. The van der Waals surface area contributed by atoms with E-state index in [1.807, 2.05) is 17.8 Å². The van der Waals surface area contributed by atoms with E-state index in [2.05, 4.69) is 30.4 Å². The van der Waals surface area contributed by atoms with Crippen molar-refractivity contribution < 1.29 is 33.3 Å². The van der Waals surface area contributed by atoms with Gasteiger partial charge in [0.25, 0.3) is 0 Å². The Balaban J connectivity index is 0.000000209. The molecule has 1 spiro atoms. The van der Waals surface area contributed by atoms with Gasteiger partial charge in [-0.1, -0.05) is 24.3 Å². The van der Waals surface area contributed by atoms with E-state index < -0.39 is 10.2 Å². The van der Waals surface area contributed by atoms with Gasteiger partial charge in [-0.3, -0.25) is 0 Å². The number of hydrogen-bond donors (Lipinski definition) is 0. The molecule has 0 saturated heterocycles. The minimum absolute atomic E-state index is 0.00347. The van der Waals surface area contributed by atoms with Crippen LogP contribution in [0.1, 0.15) is 0 Å². The maximum atomic E-state index is 8.49. The number of thioether (sulfide) groups is 1. The van der Waals surface area contributed by atoms with Crippen LogP contribution in [0.25, 0.3) is 0 Å². The van der Waals surface area contributed by atoms with Crippen molar-refractivity contribution in [2.45, 2.75) is 4.75 Å². The van der Waals surface area contributed by atoms with E-state index in [9.17, 15) is 0 Å². The van der Waals surface area contributed by atoms with Crippen molar-refractivity contribution in [3.63, 3.8) is 0 Å². The maximum Gasteiger partial charge on any atom is 0.353 e. The Morgan fingerprint density at radius 1 is 1.17 bits per heavy atom. The fourth-order valence-corrected chi connectivity index (χ4v) is 3.17. The number of carbonyl (C=O) groups excluding carboxylic acids is 1. The standard InChI is InChI=1S/C11H9OS.ClHO4/c1-2-6-11-9(5-8-13-11)4-7-12-10(11)3-1;2-1(3,4)5/h1-7H,8H2;(H,2,3,4,5)/q+1;/p-1. The minimum atomic E-state index is -4.94. The molecule has 2 aliphatic heterocycles. The second kappa shape index (κ2) is 5.00. The molecule has 3 aliphatic rings. The van der Waals surface area contributed by atoms with Crippen LogP contribution in [0.4, 0.5) is 0 Å². The fourth-order valence-electron chi connectivity index (χ4n) is 1.89. The molecule has 0 bridgehead atoms. The van der Waals surface area contributed by atoms with Gasteiger partial charge in [0.2, 0.25) is 0 Å². The predicted octanol–water partition coefficient (Wildman–Crippen LogP) is -2.60. The van der Waals surface area contributed by atoms with E-state index in [4.69, 9.17) is 23.1 Å². The fraction of sp³-hybridized carbons (Fsp3) is 0.182. The topological polar surface area (TPSA) is 104 Å².